The molecule has 0 aromatic heterocycles. The summed E-state index contributed by atoms with van der Waals surface area (Å²) in [4.78, 5) is 25.3. The molecule has 7 heteroatoms. The van der Waals surface area contributed by atoms with E-state index in [9.17, 15) is 19.8 Å². The van der Waals surface area contributed by atoms with Crippen LogP contribution >= 0.6 is 0 Å². The Bertz CT molecular complexity index is 1010. The van der Waals surface area contributed by atoms with Crippen molar-refractivity contribution >= 4 is 11.6 Å². The van der Waals surface area contributed by atoms with Crippen LogP contribution in [0.2, 0.25) is 0 Å². The van der Waals surface area contributed by atoms with Crippen LogP contribution in [0, 0.1) is 0 Å². The zero-order valence-corrected chi connectivity index (χ0v) is 14.4. The minimum Gasteiger partial charge on any atom is -0.507 e. The van der Waals surface area contributed by atoms with Gasteiger partial charge in [0.15, 0.2) is 11.5 Å². The van der Waals surface area contributed by atoms with E-state index in [4.69, 9.17) is 14.2 Å². The van der Waals surface area contributed by atoms with Gasteiger partial charge in [-0.25, -0.2) is 0 Å². The highest BCUT2D eigenvalue weighted by atomic mass is 16.7. The third-order valence-corrected chi connectivity index (χ3v) is 4.59. The summed E-state index contributed by atoms with van der Waals surface area (Å²) in [5.41, 5.74) is 1.15. The molecule has 0 aliphatic carbocycles. The standard InChI is InChI=1S/C20H16O7/c1-9(2)15-4-10-3-11(13(21)6-16(10)27-15)19(23)20(24)12-5-17-18(7-14(12)22)26-8-25-17/h3,5-7,15,21-22H,1,4,8H2,2H3/t15-/m1/s1. The Morgan fingerprint density at radius 3 is 2.15 bits per heavy atom. The van der Waals surface area contributed by atoms with Crippen molar-refractivity contribution in [1.82, 2.24) is 0 Å². The topological polar surface area (TPSA) is 102 Å². The van der Waals surface area contributed by atoms with Crippen LogP contribution in [-0.4, -0.2) is 34.7 Å². The number of carbonyl (C=O) groups is 2. The van der Waals surface area contributed by atoms with Gasteiger partial charge in [-0.2, -0.15) is 0 Å². The quantitative estimate of drug-likeness (QED) is 0.486. The van der Waals surface area contributed by atoms with Gasteiger partial charge in [-0.15, -0.1) is 0 Å². The number of ketones is 2. The lowest BCUT2D eigenvalue weighted by Crippen LogP contribution is -2.15. The molecule has 2 aliphatic heterocycles. The summed E-state index contributed by atoms with van der Waals surface area (Å²) < 4.78 is 16.0. The van der Waals surface area contributed by atoms with E-state index >= 15 is 0 Å². The summed E-state index contributed by atoms with van der Waals surface area (Å²) in [5.74, 6) is -1.66. The second-order valence-corrected chi connectivity index (χ2v) is 6.51. The maximum Gasteiger partial charge on any atom is 0.237 e. The van der Waals surface area contributed by atoms with Crippen LogP contribution in [0.25, 0.3) is 0 Å². The predicted molar refractivity (Wildman–Crippen MR) is 93.9 cm³/mol. The fourth-order valence-corrected chi connectivity index (χ4v) is 3.09. The van der Waals surface area contributed by atoms with E-state index in [1.807, 2.05) is 6.92 Å². The third-order valence-electron chi connectivity index (χ3n) is 4.59. The molecule has 0 bridgehead atoms. The number of rotatable bonds is 4. The van der Waals surface area contributed by atoms with Crippen LogP contribution in [0.15, 0.2) is 36.4 Å². The smallest absolute Gasteiger partial charge is 0.237 e. The highest BCUT2D eigenvalue weighted by Gasteiger charge is 2.30. The van der Waals surface area contributed by atoms with Gasteiger partial charge in [0, 0.05) is 18.6 Å². The van der Waals surface area contributed by atoms with Gasteiger partial charge < -0.3 is 24.4 Å². The van der Waals surface area contributed by atoms with E-state index in [1.54, 1.807) is 0 Å². The molecule has 2 N–H and O–H groups in total. The molecule has 0 amide bonds. The number of Topliss-reactive ketones (excluding diaryl/α,β-unsaturated/α-hetero) is 2. The number of phenols is 2. The number of benzene rings is 2. The second-order valence-electron chi connectivity index (χ2n) is 6.51. The maximum atomic E-state index is 12.7. The fraction of sp³-hybridized carbons (Fsp3) is 0.200. The predicted octanol–water partition coefficient (Wildman–Crippen LogP) is 2.77. The summed E-state index contributed by atoms with van der Waals surface area (Å²) in [7, 11) is 0. The third kappa shape index (κ3) is 2.77. The minimum absolute atomic E-state index is 0.0319. The molecule has 138 valence electrons. The van der Waals surface area contributed by atoms with E-state index in [2.05, 4.69) is 6.58 Å². The molecule has 0 saturated heterocycles. The molecule has 4 rings (SSSR count). The van der Waals surface area contributed by atoms with Gasteiger partial charge in [0.05, 0.1) is 11.1 Å². The highest BCUT2D eigenvalue weighted by molar-refractivity contribution is 6.50. The van der Waals surface area contributed by atoms with Crippen LogP contribution in [-0.2, 0) is 6.42 Å². The first-order valence-corrected chi connectivity index (χ1v) is 8.24. The van der Waals surface area contributed by atoms with E-state index in [-0.39, 0.29) is 35.5 Å². The second kappa shape index (κ2) is 6.05. The first kappa shape index (κ1) is 17.0. The van der Waals surface area contributed by atoms with Crippen LogP contribution in [0.4, 0.5) is 0 Å². The zero-order valence-electron chi connectivity index (χ0n) is 14.4. The van der Waals surface area contributed by atoms with Gasteiger partial charge in [0.1, 0.15) is 23.4 Å². The summed E-state index contributed by atoms with van der Waals surface area (Å²) >= 11 is 0. The average molecular weight is 368 g/mol. The highest BCUT2D eigenvalue weighted by Crippen LogP contribution is 2.39. The van der Waals surface area contributed by atoms with Gasteiger partial charge in [0.25, 0.3) is 0 Å². The summed E-state index contributed by atoms with van der Waals surface area (Å²) in [5, 5.41) is 20.3. The van der Waals surface area contributed by atoms with E-state index in [0.29, 0.717) is 23.5 Å². The lowest BCUT2D eigenvalue weighted by Gasteiger charge is -2.09. The number of carbonyl (C=O) groups excluding carboxylic acids is 2. The average Bonchev–Trinajstić information content (AvgIpc) is 3.24. The number of aromatic hydroxyl groups is 2. The lowest BCUT2D eigenvalue weighted by atomic mass is 9.96. The molecule has 27 heavy (non-hydrogen) atoms. The van der Waals surface area contributed by atoms with Gasteiger partial charge in [-0.1, -0.05) is 6.58 Å². The molecule has 0 fully saturated rings. The largest absolute Gasteiger partial charge is 0.507 e. The van der Waals surface area contributed by atoms with E-state index in [1.165, 1.54) is 24.3 Å². The van der Waals surface area contributed by atoms with Crippen molar-refractivity contribution in [1.29, 1.82) is 0 Å². The molecule has 2 heterocycles. The van der Waals surface area contributed by atoms with E-state index in [0.717, 1.165) is 5.57 Å². The number of ether oxygens (including phenoxy) is 3. The molecule has 1 atom stereocenters. The Morgan fingerprint density at radius 1 is 0.963 bits per heavy atom. The molecule has 0 radical (unpaired) electrons. The van der Waals surface area contributed by atoms with Gasteiger partial charge in [-0.3, -0.25) is 9.59 Å². The van der Waals surface area contributed by atoms with Crippen molar-refractivity contribution in [2.75, 3.05) is 6.79 Å². The fourth-order valence-electron chi connectivity index (χ4n) is 3.09. The first-order chi connectivity index (χ1) is 12.8. The number of hydrogen-bond acceptors (Lipinski definition) is 7. The van der Waals surface area contributed by atoms with Crippen molar-refractivity contribution in [3.8, 4) is 28.7 Å². The first-order valence-electron chi connectivity index (χ1n) is 8.24. The van der Waals surface area contributed by atoms with Crippen LogP contribution < -0.4 is 14.2 Å². The lowest BCUT2D eigenvalue weighted by molar-refractivity contribution is 0.0813. The van der Waals surface area contributed by atoms with Crippen molar-refractivity contribution in [2.24, 2.45) is 0 Å². The molecule has 2 aromatic carbocycles. The van der Waals surface area contributed by atoms with Gasteiger partial charge >= 0.3 is 0 Å². The summed E-state index contributed by atoms with van der Waals surface area (Å²) in [6.07, 6.45) is 0.257. The summed E-state index contributed by atoms with van der Waals surface area (Å²) in [6.45, 7) is 5.64. The Hall–Kier alpha value is -3.48. The maximum absolute atomic E-state index is 12.7. The number of fused-ring (bicyclic) bond motifs is 2. The van der Waals surface area contributed by atoms with Crippen LogP contribution in [0.3, 0.4) is 0 Å². The molecular weight excluding hydrogens is 352 g/mol. The molecule has 2 aliphatic rings. The molecule has 0 spiro atoms. The monoisotopic (exact) mass is 368 g/mol. The normalized spacial score (nSPS) is 16.6. The van der Waals surface area contributed by atoms with Crippen LogP contribution in [0.5, 0.6) is 28.7 Å². The van der Waals surface area contributed by atoms with Crippen molar-refractivity contribution in [3.05, 3.63) is 53.1 Å². The molecule has 0 unspecified atom stereocenters. The van der Waals surface area contributed by atoms with Crippen molar-refractivity contribution in [2.45, 2.75) is 19.4 Å². The van der Waals surface area contributed by atoms with Gasteiger partial charge in [0.2, 0.25) is 18.4 Å². The zero-order chi connectivity index (χ0) is 19.3. The minimum atomic E-state index is -0.962. The Morgan fingerprint density at radius 2 is 1.52 bits per heavy atom. The molecule has 7 nitrogen and oxygen atoms in total. The van der Waals surface area contributed by atoms with Gasteiger partial charge in [-0.05, 0) is 30.2 Å². The number of hydrogen-bond donors (Lipinski definition) is 2. The Kier molecular flexibility index (Phi) is 3.80. The summed E-state index contributed by atoms with van der Waals surface area (Å²) in [6, 6.07) is 5.23. The van der Waals surface area contributed by atoms with Crippen molar-refractivity contribution in [3.63, 3.8) is 0 Å². The van der Waals surface area contributed by atoms with Crippen LogP contribution in [0.1, 0.15) is 33.2 Å². The molecular formula is C20H16O7. The van der Waals surface area contributed by atoms with Crippen molar-refractivity contribution < 1.29 is 34.0 Å². The van der Waals surface area contributed by atoms with E-state index < -0.39 is 17.3 Å². The Labute approximate surface area is 154 Å². The SMILES string of the molecule is C=C(C)[C@H]1Cc2cc(C(=O)C(=O)c3cc4c(cc3O)OCO4)c(O)cc2O1. The Balaban J connectivity index is 1.67. The molecule has 0 saturated carbocycles. The molecule has 2 aromatic rings. The number of phenolic OH excluding ortho intramolecular Hbond substituents is 2.